The molecule has 1 aromatic rings. The van der Waals surface area contributed by atoms with E-state index in [1.165, 1.54) is 0 Å². The average Bonchev–Trinajstić information content (AvgIpc) is 2.14. The highest BCUT2D eigenvalue weighted by Crippen LogP contribution is 2.17. The van der Waals surface area contributed by atoms with Gasteiger partial charge in [-0.15, -0.1) is 0 Å². The summed E-state index contributed by atoms with van der Waals surface area (Å²) >= 11 is 0. The Morgan fingerprint density at radius 1 is 1.29 bits per heavy atom. The molecule has 0 aromatic heterocycles. The summed E-state index contributed by atoms with van der Waals surface area (Å²) in [6.07, 6.45) is 0.880. The molecule has 0 fully saturated rings. The fraction of sp³-hybridized carbons (Fsp3) is 0.417. The van der Waals surface area contributed by atoms with E-state index in [2.05, 4.69) is 26.1 Å². The van der Waals surface area contributed by atoms with Crippen LogP contribution < -0.4 is 5.32 Å². The van der Waals surface area contributed by atoms with Gasteiger partial charge in [-0.2, -0.15) is 0 Å². The highest BCUT2D eigenvalue weighted by atomic mass is 16.1. The Kier molecular flexibility index (Phi) is 3.28. The quantitative estimate of drug-likeness (QED) is 0.744. The monoisotopic (exact) mass is 191 g/mol. The maximum absolute atomic E-state index is 10.7. The van der Waals surface area contributed by atoms with E-state index < -0.39 is 0 Å². The van der Waals surface area contributed by atoms with Crippen molar-refractivity contribution in [2.75, 3.05) is 11.9 Å². The van der Waals surface area contributed by atoms with Gasteiger partial charge in [-0.25, -0.2) is 0 Å². The Bertz CT molecular complexity index is 312. The molecule has 1 N–H and O–H groups in total. The normalized spacial score (nSPS) is 11.1. The first-order chi connectivity index (χ1) is 6.53. The lowest BCUT2D eigenvalue weighted by Crippen LogP contribution is -2.19. The van der Waals surface area contributed by atoms with E-state index >= 15 is 0 Å². The van der Waals surface area contributed by atoms with Gasteiger partial charge in [0.1, 0.15) is 0 Å². The van der Waals surface area contributed by atoms with E-state index in [-0.39, 0.29) is 5.41 Å². The highest BCUT2D eigenvalue weighted by molar-refractivity contribution is 5.83. The van der Waals surface area contributed by atoms with Crippen LogP contribution in [0.2, 0.25) is 0 Å². The van der Waals surface area contributed by atoms with E-state index in [1.54, 1.807) is 0 Å². The number of carbonyl (C=O) groups is 1. The summed E-state index contributed by atoms with van der Waals surface area (Å²) < 4.78 is 0. The van der Waals surface area contributed by atoms with E-state index in [4.69, 9.17) is 0 Å². The zero-order valence-electron chi connectivity index (χ0n) is 9.00. The molecule has 0 spiro atoms. The second-order valence-corrected chi connectivity index (χ2v) is 4.62. The lowest BCUT2D eigenvalue weighted by Gasteiger charge is -2.20. The largest absolute Gasteiger partial charge is 0.384 e. The molecule has 0 amide bonds. The SMILES string of the molecule is CC(C)(C)CNc1ccccc1C=O. The molecule has 0 heterocycles. The molecule has 0 unspecified atom stereocenters. The summed E-state index contributed by atoms with van der Waals surface area (Å²) in [7, 11) is 0. The highest BCUT2D eigenvalue weighted by Gasteiger charge is 2.10. The van der Waals surface area contributed by atoms with Crippen molar-refractivity contribution in [2.24, 2.45) is 5.41 Å². The van der Waals surface area contributed by atoms with Crippen LogP contribution in [0.4, 0.5) is 5.69 Å². The molecule has 1 aromatic carbocycles. The standard InChI is InChI=1S/C12H17NO/c1-12(2,3)9-13-11-7-5-4-6-10(11)8-14/h4-8,13H,9H2,1-3H3. The number of hydrogen-bond donors (Lipinski definition) is 1. The number of para-hydroxylation sites is 1. The average molecular weight is 191 g/mol. The topological polar surface area (TPSA) is 29.1 Å². The van der Waals surface area contributed by atoms with Crippen LogP contribution >= 0.6 is 0 Å². The molecular weight excluding hydrogens is 174 g/mol. The van der Waals surface area contributed by atoms with Gasteiger partial charge in [-0.05, 0) is 17.5 Å². The summed E-state index contributed by atoms with van der Waals surface area (Å²) in [5.74, 6) is 0. The molecule has 0 radical (unpaired) electrons. The molecule has 76 valence electrons. The van der Waals surface area contributed by atoms with Crippen LogP contribution in [0.1, 0.15) is 31.1 Å². The van der Waals surface area contributed by atoms with E-state index in [0.29, 0.717) is 0 Å². The number of carbonyl (C=O) groups excluding carboxylic acids is 1. The maximum atomic E-state index is 10.7. The van der Waals surface area contributed by atoms with Gasteiger partial charge in [-0.1, -0.05) is 32.9 Å². The van der Waals surface area contributed by atoms with Gasteiger partial charge in [0.25, 0.3) is 0 Å². The van der Waals surface area contributed by atoms with Crippen molar-refractivity contribution in [3.8, 4) is 0 Å². The van der Waals surface area contributed by atoms with Gasteiger partial charge < -0.3 is 5.32 Å². The van der Waals surface area contributed by atoms with Crippen LogP contribution in [0, 0.1) is 5.41 Å². The summed E-state index contributed by atoms with van der Waals surface area (Å²) in [5.41, 5.74) is 1.85. The van der Waals surface area contributed by atoms with Crippen molar-refractivity contribution in [1.82, 2.24) is 0 Å². The van der Waals surface area contributed by atoms with Gasteiger partial charge in [0, 0.05) is 17.8 Å². The van der Waals surface area contributed by atoms with E-state index in [9.17, 15) is 4.79 Å². The molecule has 2 nitrogen and oxygen atoms in total. The van der Waals surface area contributed by atoms with Gasteiger partial charge >= 0.3 is 0 Å². The fourth-order valence-electron chi connectivity index (χ4n) is 1.12. The maximum Gasteiger partial charge on any atom is 0.152 e. The van der Waals surface area contributed by atoms with Crippen molar-refractivity contribution in [1.29, 1.82) is 0 Å². The van der Waals surface area contributed by atoms with Crippen LogP contribution in [0.15, 0.2) is 24.3 Å². The Hall–Kier alpha value is -1.31. The summed E-state index contributed by atoms with van der Waals surface area (Å²) in [5, 5.41) is 3.27. The number of anilines is 1. The summed E-state index contributed by atoms with van der Waals surface area (Å²) in [4.78, 5) is 10.7. The Labute approximate surface area is 85.3 Å². The van der Waals surface area contributed by atoms with Crippen LogP contribution in [0.3, 0.4) is 0 Å². The Balaban J connectivity index is 2.71. The first kappa shape index (κ1) is 10.8. The van der Waals surface area contributed by atoms with Crippen LogP contribution in [-0.2, 0) is 0 Å². The van der Waals surface area contributed by atoms with Crippen LogP contribution in [-0.4, -0.2) is 12.8 Å². The molecule has 1 rings (SSSR count). The first-order valence-electron chi connectivity index (χ1n) is 4.81. The molecule has 14 heavy (non-hydrogen) atoms. The zero-order valence-corrected chi connectivity index (χ0v) is 9.00. The smallest absolute Gasteiger partial charge is 0.152 e. The lowest BCUT2D eigenvalue weighted by molar-refractivity contribution is 0.112. The van der Waals surface area contributed by atoms with Gasteiger partial charge in [0.2, 0.25) is 0 Å². The minimum absolute atomic E-state index is 0.218. The third-order valence-electron chi connectivity index (χ3n) is 1.90. The molecular formula is C12H17NO. The molecule has 0 atom stereocenters. The molecule has 2 heteroatoms. The molecule has 0 saturated carbocycles. The van der Waals surface area contributed by atoms with Gasteiger partial charge in [0.05, 0.1) is 0 Å². The van der Waals surface area contributed by atoms with Crippen LogP contribution in [0.5, 0.6) is 0 Å². The van der Waals surface area contributed by atoms with Crippen molar-refractivity contribution >= 4 is 12.0 Å². The third-order valence-corrected chi connectivity index (χ3v) is 1.90. The predicted molar refractivity (Wildman–Crippen MR) is 59.8 cm³/mol. The van der Waals surface area contributed by atoms with Crippen molar-refractivity contribution in [3.05, 3.63) is 29.8 Å². The zero-order chi connectivity index (χ0) is 10.6. The van der Waals surface area contributed by atoms with Crippen molar-refractivity contribution in [3.63, 3.8) is 0 Å². The molecule has 0 bridgehead atoms. The number of aldehydes is 1. The van der Waals surface area contributed by atoms with E-state index in [0.717, 1.165) is 24.1 Å². The first-order valence-corrected chi connectivity index (χ1v) is 4.81. The molecule has 0 aliphatic heterocycles. The number of nitrogens with one attached hydrogen (secondary N) is 1. The Morgan fingerprint density at radius 2 is 1.93 bits per heavy atom. The lowest BCUT2D eigenvalue weighted by atomic mass is 9.97. The minimum atomic E-state index is 0.218. The van der Waals surface area contributed by atoms with E-state index in [1.807, 2.05) is 24.3 Å². The molecule has 0 aliphatic rings. The summed E-state index contributed by atoms with van der Waals surface area (Å²) in [6.45, 7) is 7.33. The molecule has 0 saturated heterocycles. The number of benzene rings is 1. The summed E-state index contributed by atoms with van der Waals surface area (Å²) in [6, 6.07) is 7.54. The fourth-order valence-corrected chi connectivity index (χ4v) is 1.12. The Morgan fingerprint density at radius 3 is 2.50 bits per heavy atom. The number of rotatable bonds is 3. The van der Waals surface area contributed by atoms with Crippen LogP contribution in [0.25, 0.3) is 0 Å². The van der Waals surface area contributed by atoms with Crippen molar-refractivity contribution < 1.29 is 4.79 Å². The second-order valence-electron chi connectivity index (χ2n) is 4.62. The predicted octanol–water partition coefficient (Wildman–Crippen LogP) is 2.96. The number of hydrogen-bond acceptors (Lipinski definition) is 2. The second kappa shape index (κ2) is 4.27. The van der Waals surface area contributed by atoms with Gasteiger partial charge in [0.15, 0.2) is 6.29 Å². The third kappa shape index (κ3) is 3.21. The van der Waals surface area contributed by atoms with Crippen molar-refractivity contribution in [2.45, 2.75) is 20.8 Å². The van der Waals surface area contributed by atoms with Gasteiger partial charge in [-0.3, -0.25) is 4.79 Å². The minimum Gasteiger partial charge on any atom is -0.384 e. The molecule has 0 aliphatic carbocycles.